The van der Waals surface area contributed by atoms with Gasteiger partial charge in [-0.2, -0.15) is 0 Å². The second kappa shape index (κ2) is 7.18. The Kier molecular flexibility index (Phi) is 4.81. The van der Waals surface area contributed by atoms with E-state index in [9.17, 15) is 9.18 Å². The Morgan fingerprint density at radius 2 is 2.08 bits per heavy atom. The molecule has 1 aromatic carbocycles. The van der Waals surface area contributed by atoms with E-state index in [0.29, 0.717) is 30.1 Å². The highest BCUT2D eigenvalue weighted by Crippen LogP contribution is 2.19. The molecule has 1 amide bonds. The average Bonchev–Trinajstić information content (AvgIpc) is 3.04. The van der Waals surface area contributed by atoms with Crippen LogP contribution in [0.2, 0.25) is 5.02 Å². The van der Waals surface area contributed by atoms with Crippen molar-refractivity contribution in [2.45, 2.75) is 6.42 Å². The first kappa shape index (κ1) is 16.1. The van der Waals surface area contributed by atoms with E-state index in [4.69, 9.17) is 16.0 Å². The van der Waals surface area contributed by atoms with Crippen LogP contribution in [0.1, 0.15) is 16.2 Å². The zero-order chi connectivity index (χ0) is 16.9. The molecule has 0 fully saturated rings. The van der Waals surface area contributed by atoms with Gasteiger partial charge in [-0.3, -0.25) is 4.79 Å². The number of nitrogens with one attached hydrogen (secondary N) is 1. The summed E-state index contributed by atoms with van der Waals surface area (Å²) in [4.78, 5) is 23.8. The molecular weight excluding hydrogens is 335 g/mol. The lowest BCUT2D eigenvalue weighted by atomic mass is 10.2. The fourth-order valence-corrected chi connectivity index (χ4v) is 2.21. The van der Waals surface area contributed by atoms with Crippen molar-refractivity contribution in [3.63, 3.8) is 0 Å². The molecule has 2 aromatic heterocycles. The Morgan fingerprint density at radius 1 is 1.29 bits per heavy atom. The van der Waals surface area contributed by atoms with E-state index in [1.54, 1.807) is 12.1 Å². The largest absolute Gasteiger partial charge is 0.444 e. The second-order valence-electron chi connectivity index (χ2n) is 4.88. The van der Waals surface area contributed by atoms with Gasteiger partial charge in [-0.15, -0.1) is 0 Å². The fraction of sp³-hybridized carbons (Fsp3) is 0.125. The van der Waals surface area contributed by atoms with Crippen LogP contribution < -0.4 is 5.32 Å². The molecule has 2 heterocycles. The van der Waals surface area contributed by atoms with Crippen LogP contribution in [0.25, 0.3) is 11.5 Å². The van der Waals surface area contributed by atoms with Gasteiger partial charge in [0.25, 0.3) is 5.91 Å². The van der Waals surface area contributed by atoms with Crippen molar-refractivity contribution in [1.29, 1.82) is 0 Å². The van der Waals surface area contributed by atoms with Crippen LogP contribution in [0.15, 0.2) is 47.5 Å². The van der Waals surface area contributed by atoms with Gasteiger partial charge in [-0.25, -0.2) is 19.3 Å². The molecule has 0 spiro atoms. The third-order valence-electron chi connectivity index (χ3n) is 3.19. The predicted molar refractivity (Wildman–Crippen MR) is 85.0 cm³/mol. The Labute approximate surface area is 141 Å². The van der Waals surface area contributed by atoms with Crippen molar-refractivity contribution < 1.29 is 13.6 Å². The summed E-state index contributed by atoms with van der Waals surface area (Å²) in [7, 11) is 0. The van der Waals surface area contributed by atoms with Gasteiger partial charge in [0.05, 0.1) is 10.7 Å². The number of oxazole rings is 1. The molecule has 6 nitrogen and oxygen atoms in total. The molecule has 0 aliphatic carbocycles. The highest BCUT2D eigenvalue weighted by atomic mass is 35.5. The van der Waals surface area contributed by atoms with Crippen molar-refractivity contribution in [2.24, 2.45) is 0 Å². The van der Waals surface area contributed by atoms with Crippen LogP contribution in [0.3, 0.4) is 0 Å². The highest BCUT2D eigenvalue weighted by molar-refractivity contribution is 6.33. The molecule has 0 saturated heterocycles. The molecular formula is C16H12ClFN4O2. The molecule has 3 rings (SSSR count). The number of carbonyl (C=O) groups excluding carboxylic acids is 1. The minimum atomic E-state index is -0.385. The lowest BCUT2D eigenvalue weighted by Gasteiger charge is -2.03. The molecule has 0 radical (unpaired) electrons. The Bertz CT molecular complexity index is 851. The van der Waals surface area contributed by atoms with Crippen LogP contribution in [-0.2, 0) is 6.42 Å². The fourth-order valence-electron chi connectivity index (χ4n) is 2.01. The standard InChI is InChI=1S/C16H12ClFN4O2/c17-13-7-19-9-21-14(13)15(23)20-6-5-12-8-24-16(22-12)10-1-3-11(18)4-2-10/h1-4,7-9H,5-6H2,(H,20,23). The van der Waals surface area contributed by atoms with Gasteiger partial charge < -0.3 is 9.73 Å². The summed E-state index contributed by atoms with van der Waals surface area (Å²) in [6, 6.07) is 5.85. The van der Waals surface area contributed by atoms with Gasteiger partial charge in [-0.1, -0.05) is 11.6 Å². The minimum absolute atomic E-state index is 0.124. The van der Waals surface area contributed by atoms with E-state index in [-0.39, 0.29) is 22.4 Å². The molecule has 122 valence electrons. The van der Waals surface area contributed by atoms with Crippen LogP contribution in [-0.4, -0.2) is 27.4 Å². The number of hydrogen-bond acceptors (Lipinski definition) is 5. The minimum Gasteiger partial charge on any atom is -0.444 e. The predicted octanol–water partition coefficient (Wildman–Crippen LogP) is 2.90. The molecule has 0 atom stereocenters. The maximum Gasteiger partial charge on any atom is 0.271 e. The van der Waals surface area contributed by atoms with Crippen LogP contribution in [0, 0.1) is 5.82 Å². The van der Waals surface area contributed by atoms with Crippen LogP contribution >= 0.6 is 11.6 Å². The summed E-state index contributed by atoms with van der Waals surface area (Å²) in [5, 5.41) is 2.89. The number of rotatable bonds is 5. The number of hydrogen-bond donors (Lipinski definition) is 1. The van der Waals surface area contributed by atoms with Gasteiger partial charge in [0, 0.05) is 24.7 Å². The number of aromatic nitrogens is 3. The quantitative estimate of drug-likeness (QED) is 0.768. The van der Waals surface area contributed by atoms with Crippen LogP contribution in [0.4, 0.5) is 4.39 Å². The molecule has 1 N–H and O–H groups in total. The summed E-state index contributed by atoms with van der Waals surface area (Å²) < 4.78 is 18.3. The monoisotopic (exact) mass is 346 g/mol. The topological polar surface area (TPSA) is 80.9 Å². The van der Waals surface area contributed by atoms with Crippen molar-refractivity contribution in [3.05, 3.63) is 65.3 Å². The van der Waals surface area contributed by atoms with E-state index >= 15 is 0 Å². The van der Waals surface area contributed by atoms with Crippen molar-refractivity contribution in [3.8, 4) is 11.5 Å². The van der Waals surface area contributed by atoms with Crippen molar-refractivity contribution >= 4 is 17.5 Å². The first-order chi connectivity index (χ1) is 11.6. The Hall–Kier alpha value is -2.80. The maximum atomic E-state index is 12.9. The summed E-state index contributed by atoms with van der Waals surface area (Å²) in [6.45, 7) is 0.342. The third-order valence-corrected chi connectivity index (χ3v) is 3.47. The zero-order valence-corrected chi connectivity index (χ0v) is 13.1. The van der Waals surface area contributed by atoms with Gasteiger partial charge in [0.1, 0.15) is 24.1 Å². The number of carbonyl (C=O) groups is 1. The molecule has 0 aliphatic heterocycles. The SMILES string of the molecule is O=C(NCCc1coc(-c2ccc(F)cc2)n1)c1ncncc1Cl. The number of benzene rings is 1. The molecule has 0 aliphatic rings. The Morgan fingerprint density at radius 3 is 2.83 bits per heavy atom. The summed E-state index contributed by atoms with van der Waals surface area (Å²) in [6.07, 6.45) is 4.59. The maximum absolute atomic E-state index is 12.9. The normalized spacial score (nSPS) is 10.6. The number of halogens is 2. The van der Waals surface area contributed by atoms with Gasteiger partial charge in [-0.05, 0) is 24.3 Å². The van der Waals surface area contributed by atoms with Crippen molar-refractivity contribution in [1.82, 2.24) is 20.3 Å². The molecule has 0 unspecified atom stereocenters. The van der Waals surface area contributed by atoms with E-state index in [1.165, 1.54) is 30.9 Å². The van der Waals surface area contributed by atoms with Crippen LogP contribution in [0.5, 0.6) is 0 Å². The Balaban J connectivity index is 1.57. The molecule has 0 bridgehead atoms. The second-order valence-corrected chi connectivity index (χ2v) is 5.28. The van der Waals surface area contributed by atoms with E-state index in [2.05, 4.69) is 20.3 Å². The van der Waals surface area contributed by atoms with E-state index in [0.717, 1.165) is 0 Å². The summed E-state index contributed by atoms with van der Waals surface area (Å²) >= 11 is 5.86. The number of amides is 1. The lowest BCUT2D eigenvalue weighted by molar-refractivity contribution is 0.0949. The first-order valence-electron chi connectivity index (χ1n) is 7.07. The molecule has 8 heteroatoms. The lowest BCUT2D eigenvalue weighted by Crippen LogP contribution is -2.27. The summed E-state index contributed by atoms with van der Waals surface area (Å²) in [5.41, 5.74) is 1.47. The third kappa shape index (κ3) is 3.75. The van der Waals surface area contributed by atoms with Gasteiger partial charge in [0.2, 0.25) is 5.89 Å². The smallest absolute Gasteiger partial charge is 0.271 e. The van der Waals surface area contributed by atoms with Gasteiger partial charge in [0.15, 0.2) is 0 Å². The first-order valence-corrected chi connectivity index (χ1v) is 7.45. The molecule has 24 heavy (non-hydrogen) atoms. The molecule has 3 aromatic rings. The average molecular weight is 347 g/mol. The highest BCUT2D eigenvalue weighted by Gasteiger charge is 2.12. The summed E-state index contributed by atoms with van der Waals surface area (Å²) in [5.74, 6) is -0.309. The van der Waals surface area contributed by atoms with E-state index in [1.807, 2.05) is 0 Å². The zero-order valence-electron chi connectivity index (χ0n) is 12.4. The van der Waals surface area contributed by atoms with Gasteiger partial charge >= 0.3 is 0 Å². The number of nitrogens with zero attached hydrogens (tertiary/aromatic N) is 3. The van der Waals surface area contributed by atoms with Crippen molar-refractivity contribution in [2.75, 3.05) is 6.54 Å². The van der Waals surface area contributed by atoms with E-state index < -0.39 is 0 Å². The molecule has 0 saturated carbocycles.